The third kappa shape index (κ3) is 7.94. The van der Waals surface area contributed by atoms with Gasteiger partial charge in [0.05, 0.1) is 10.6 Å². The molecule has 0 aromatic heterocycles. The van der Waals surface area contributed by atoms with Crippen molar-refractivity contribution in [1.29, 1.82) is 0 Å². The Morgan fingerprint density at radius 2 is 1.59 bits per heavy atom. The number of anilines is 1. The first-order valence-electron chi connectivity index (χ1n) is 12.3. The first-order chi connectivity index (χ1) is 18.4. The fourth-order valence-electron chi connectivity index (χ4n) is 3.98. The molecule has 0 unspecified atom stereocenters. The van der Waals surface area contributed by atoms with Gasteiger partial charge in [-0.15, -0.1) is 0 Å². The highest BCUT2D eigenvalue weighted by atomic mass is 35.5. The topological polar surface area (TPSA) is 86.8 Å². The second-order valence-electron chi connectivity index (χ2n) is 9.18. The molecule has 0 heterocycles. The van der Waals surface area contributed by atoms with Crippen molar-refractivity contribution in [2.24, 2.45) is 0 Å². The van der Waals surface area contributed by atoms with Gasteiger partial charge in [0.25, 0.3) is 10.0 Å². The number of halogens is 3. The van der Waals surface area contributed by atoms with Gasteiger partial charge in [0.2, 0.25) is 11.8 Å². The second kappa shape index (κ2) is 13.3. The number of sulfonamides is 1. The van der Waals surface area contributed by atoms with Crippen LogP contribution in [0, 0.1) is 5.82 Å². The molecule has 0 spiro atoms. The van der Waals surface area contributed by atoms with Crippen LogP contribution in [0.2, 0.25) is 10.0 Å². The highest BCUT2D eigenvalue weighted by molar-refractivity contribution is 7.92. The number of hydrogen-bond acceptors (Lipinski definition) is 4. The van der Waals surface area contributed by atoms with Crippen molar-refractivity contribution >= 4 is 50.7 Å². The minimum Gasteiger partial charge on any atom is -0.352 e. The molecule has 0 bridgehead atoms. The van der Waals surface area contributed by atoms with Crippen molar-refractivity contribution in [2.45, 2.75) is 50.7 Å². The van der Waals surface area contributed by atoms with Gasteiger partial charge >= 0.3 is 0 Å². The van der Waals surface area contributed by atoms with E-state index in [2.05, 4.69) is 5.32 Å². The van der Waals surface area contributed by atoms with Crippen molar-refractivity contribution in [3.63, 3.8) is 0 Å². The lowest BCUT2D eigenvalue weighted by molar-refractivity contribution is -0.140. The average molecular weight is 595 g/mol. The van der Waals surface area contributed by atoms with Gasteiger partial charge in [-0.1, -0.05) is 48.3 Å². The number of nitrogens with one attached hydrogen (secondary N) is 1. The minimum absolute atomic E-state index is 0.0342. The number of amides is 2. The van der Waals surface area contributed by atoms with Crippen LogP contribution >= 0.6 is 23.2 Å². The summed E-state index contributed by atoms with van der Waals surface area (Å²) in [7, 11) is -4.25. The second-order valence-corrected chi connectivity index (χ2v) is 11.9. The monoisotopic (exact) mass is 593 g/mol. The molecule has 0 saturated carbocycles. The van der Waals surface area contributed by atoms with Crippen LogP contribution in [0.15, 0.2) is 77.7 Å². The zero-order valence-corrected chi connectivity index (χ0v) is 24.1. The number of rotatable bonds is 11. The van der Waals surface area contributed by atoms with Crippen LogP contribution in [0.3, 0.4) is 0 Å². The number of nitrogens with zero attached hydrogens (tertiary/aromatic N) is 2. The summed E-state index contributed by atoms with van der Waals surface area (Å²) in [5.74, 6) is -1.44. The standard InChI is InChI=1S/C28H30Cl2FN3O4S/c1-4-26(28(36)32-19(2)3)33(17-20-8-12-23(31)13-9-20)27(35)18-34(24-7-5-6-22(30)16-24)39(37,38)25-14-10-21(29)11-15-25/h5-16,19,26H,4,17-18H2,1-3H3,(H,32,36)/t26-/m1/s1. The van der Waals surface area contributed by atoms with Gasteiger partial charge in [-0.05, 0) is 80.4 Å². The Kier molecular flexibility index (Phi) is 10.4. The molecule has 0 aliphatic heterocycles. The highest BCUT2D eigenvalue weighted by Crippen LogP contribution is 2.27. The SMILES string of the molecule is CC[C@H](C(=O)NC(C)C)N(Cc1ccc(F)cc1)C(=O)CN(c1cccc(Cl)c1)S(=O)(=O)c1ccc(Cl)cc1. The quantitative estimate of drug-likeness (QED) is 0.311. The molecular weight excluding hydrogens is 564 g/mol. The van der Waals surface area contributed by atoms with Gasteiger partial charge < -0.3 is 10.2 Å². The zero-order chi connectivity index (χ0) is 28.7. The Labute approximate surface area is 238 Å². The van der Waals surface area contributed by atoms with Crippen molar-refractivity contribution in [2.75, 3.05) is 10.8 Å². The van der Waals surface area contributed by atoms with E-state index in [4.69, 9.17) is 23.2 Å². The number of carbonyl (C=O) groups is 2. The van der Waals surface area contributed by atoms with Crippen LogP contribution in [0.4, 0.5) is 10.1 Å². The van der Waals surface area contributed by atoms with Gasteiger partial charge in [0, 0.05) is 22.6 Å². The molecule has 0 fully saturated rings. The molecule has 0 aliphatic rings. The van der Waals surface area contributed by atoms with E-state index >= 15 is 0 Å². The van der Waals surface area contributed by atoms with E-state index in [-0.39, 0.29) is 40.5 Å². The lowest BCUT2D eigenvalue weighted by Crippen LogP contribution is -2.53. The Hall–Kier alpha value is -3.14. The van der Waals surface area contributed by atoms with E-state index in [9.17, 15) is 22.4 Å². The van der Waals surface area contributed by atoms with E-state index in [1.165, 1.54) is 65.6 Å². The number of hydrogen-bond donors (Lipinski definition) is 1. The van der Waals surface area contributed by atoms with Crippen molar-refractivity contribution in [3.05, 3.63) is 94.2 Å². The van der Waals surface area contributed by atoms with E-state index in [0.717, 1.165) is 4.31 Å². The molecule has 0 aliphatic carbocycles. The maximum atomic E-state index is 13.9. The Bertz CT molecular complexity index is 1400. The first kappa shape index (κ1) is 30.4. The summed E-state index contributed by atoms with van der Waals surface area (Å²) in [6, 6.07) is 16.2. The minimum atomic E-state index is -4.25. The average Bonchev–Trinajstić information content (AvgIpc) is 2.88. The lowest BCUT2D eigenvalue weighted by atomic mass is 10.1. The fourth-order valence-corrected chi connectivity index (χ4v) is 5.70. The summed E-state index contributed by atoms with van der Waals surface area (Å²) in [4.78, 5) is 28.3. The lowest BCUT2D eigenvalue weighted by Gasteiger charge is -2.33. The molecule has 0 saturated heterocycles. The van der Waals surface area contributed by atoms with Gasteiger partial charge in [-0.25, -0.2) is 12.8 Å². The summed E-state index contributed by atoms with van der Waals surface area (Å²) < 4.78 is 42.1. The zero-order valence-electron chi connectivity index (χ0n) is 21.8. The maximum Gasteiger partial charge on any atom is 0.264 e. The Balaban J connectivity index is 2.06. The summed E-state index contributed by atoms with van der Waals surface area (Å²) in [5, 5.41) is 3.46. The molecule has 3 aromatic rings. The first-order valence-corrected chi connectivity index (χ1v) is 14.5. The predicted molar refractivity (Wildman–Crippen MR) is 152 cm³/mol. The third-order valence-corrected chi connectivity index (χ3v) is 8.13. The predicted octanol–water partition coefficient (Wildman–Crippen LogP) is 5.66. The van der Waals surface area contributed by atoms with E-state index < -0.39 is 34.3 Å². The highest BCUT2D eigenvalue weighted by Gasteiger charge is 2.34. The molecule has 7 nitrogen and oxygen atoms in total. The van der Waals surface area contributed by atoms with E-state index in [1.54, 1.807) is 32.9 Å². The molecule has 3 aromatic carbocycles. The van der Waals surface area contributed by atoms with Crippen LogP contribution in [0.1, 0.15) is 32.8 Å². The van der Waals surface area contributed by atoms with Crippen molar-refractivity contribution in [1.82, 2.24) is 10.2 Å². The van der Waals surface area contributed by atoms with Crippen LogP contribution < -0.4 is 9.62 Å². The molecule has 1 atom stereocenters. The Morgan fingerprint density at radius 3 is 2.15 bits per heavy atom. The molecule has 3 rings (SSSR count). The number of benzene rings is 3. The third-order valence-electron chi connectivity index (χ3n) is 5.86. The molecule has 0 radical (unpaired) electrons. The molecule has 208 valence electrons. The molecule has 1 N–H and O–H groups in total. The molecule has 11 heteroatoms. The summed E-state index contributed by atoms with van der Waals surface area (Å²) in [6.45, 7) is 4.72. The number of carbonyl (C=O) groups excluding carboxylic acids is 2. The fraction of sp³-hybridized carbons (Fsp3) is 0.286. The molecule has 39 heavy (non-hydrogen) atoms. The van der Waals surface area contributed by atoms with Crippen LogP contribution in [0.25, 0.3) is 0 Å². The van der Waals surface area contributed by atoms with Gasteiger partial charge in [-0.2, -0.15) is 0 Å². The van der Waals surface area contributed by atoms with Gasteiger partial charge in [0.15, 0.2) is 0 Å². The van der Waals surface area contributed by atoms with Gasteiger partial charge in [-0.3, -0.25) is 13.9 Å². The van der Waals surface area contributed by atoms with Crippen molar-refractivity contribution in [3.8, 4) is 0 Å². The van der Waals surface area contributed by atoms with Crippen molar-refractivity contribution < 1.29 is 22.4 Å². The van der Waals surface area contributed by atoms with E-state index in [0.29, 0.717) is 10.6 Å². The summed E-state index contributed by atoms with van der Waals surface area (Å²) >= 11 is 12.1. The van der Waals surface area contributed by atoms with Crippen LogP contribution in [-0.4, -0.2) is 43.8 Å². The van der Waals surface area contributed by atoms with Gasteiger partial charge in [0.1, 0.15) is 18.4 Å². The Morgan fingerprint density at radius 1 is 0.949 bits per heavy atom. The summed E-state index contributed by atoms with van der Waals surface area (Å²) in [5.41, 5.74) is 0.752. The maximum absolute atomic E-state index is 13.9. The van der Waals surface area contributed by atoms with Crippen LogP contribution in [0.5, 0.6) is 0 Å². The van der Waals surface area contributed by atoms with E-state index in [1.807, 2.05) is 0 Å². The normalized spacial score (nSPS) is 12.2. The smallest absolute Gasteiger partial charge is 0.264 e. The molecular formula is C28H30Cl2FN3O4S. The van der Waals surface area contributed by atoms with Crippen LogP contribution in [-0.2, 0) is 26.2 Å². The largest absolute Gasteiger partial charge is 0.352 e. The summed E-state index contributed by atoms with van der Waals surface area (Å²) in [6.07, 6.45) is 0.270. The molecule has 2 amide bonds.